The minimum absolute atomic E-state index is 1.04. The van der Waals surface area contributed by atoms with Crippen molar-refractivity contribution in [3.05, 3.63) is 51.9 Å². The summed E-state index contributed by atoms with van der Waals surface area (Å²) in [5, 5.41) is 0. The predicted octanol–water partition coefficient (Wildman–Crippen LogP) is 3.66. The van der Waals surface area contributed by atoms with E-state index in [2.05, 4.69) is 52.7 Å². The molecule has 1 nitrogen and oxygen atoms in total. The van der Waals surface area contributed by atoms with Gasteiger partial charge in [-0.05, 0) is 46.7 Å². The maximum absolute atomic E-state index is 4.30. The van der Waals surface area contributed by atoms with E-state index in [9.17, 15) is 0 Å². The summed E-state index contributed by atoms with van der Waals surface area (Å²) in [5.41, 5.74) is 3.72. The number of rotatable bonds is 1. The van der Waals surface area contributed by atoms with Gasteiger partial charge in [-0.1, -0.05) is 30.3 Å². The second-order valence-electron chi connectivity index (χ2n) is 3.19. The van der Waals surface area contributed by atoms with Crippen molar-refractivity contribution in [2.75, 3.05) is 0 Å². The molecule has 0 saturated heterocycles. The second-order valence-corrected chi connectivity index (χ2v) is 4.29. The number of nitrogens with zero attached hydrogens (tertiary/aromatic N) is 1. The van der Waals surface area contributed by atoms with Gasteiger partial charge in [0.25, 0.3) is 0 Å². The van der Waals surface area contributed by atoms with E-state index in [1.807, 2.05) is 24.4 Å². The predicted molar refractivity (Wildman–Crippen MR) is 67.1 cm³/mol. The Morgan fingerprint density at radius 2 is 1.86 bits per heavy atom. The van der Waals surface area contributed by atoms with Crippen LogP contribution in [0.1, 0.15) is 5.56 Å². The number of halogens is 1. The maximum atomic E-state index is 4.30. The summed E-state index contributed by atoms with van der Waals surface area (Å²) in [4.78, 5) is 4.30. The zero-order valence-electron chi connectivity index (χ0n) is 7.87. The molecular formula is C12H10IN. The van der Waals surface area contributed by atoms with Crippen LogP contribution in [0.15, 0.2) is 42.6 Å². The third kappa shape index (κ3) is 1.95. The van der Waals surface area contributed by atoms with Gasteiger partial charge in [0.05, 0.1) is 0 Å². The largest absolute Gasteiger partial charge is 0.250 e. The smallest absolute Gasteiger partial charge is 0.101 e. The van der Waals surface area contributed by atoms with E-state index in [1.54, 1.807) is 0 Å². The average molecular weight is 295 g/mol. The molecule has 0 unspecified atom stereocenters. The highest BCUT2D eigenvalue weighted by Crippen LogP contribution is 2.22. The van der Waals surface area contributed by atoms with Gasteiger partial charge in [0.15, 0.2) is 0 Å². The topological polar surface area (TPSA) is 12.9 Å². The van der Waals surface area contributed by atoms with Gasteiger partial charge < -0.3 is 0 Å². The monoisotopic (exact) mass is 295 g/mol. The molecule has 0 radical (unpaired) electrons. The normalized spacial score (nSPS) is 10.1. The van der Waals surface area contributed by atoms with E-state index in [-0.39, 0.29) is 0 Å². The van der Waals surface area contributed by atoms with Crippen molar-refractivity contribution in [3.8, 4) is 11.1 Å². The lowest BCUT2D eigenvalue weighted by molar-refractivity contribution is 1.24. The van der Waals surface area contributed by atoms with Gasteiger partial charge in [-0.3, -0.25) is 0 Å². The van der Waals surface area contributed by atoms with Crippen molar-refractivity contribution in [3.63, 3.8) is 0 Å². The van der Waals surface area contributed by atoms with Gasteiger partial charge in [-0.2, -0.15) is 0 Å². The molecule has 1 aromatic heterocycles. The van der Waals surface area contributed by atoms with Gasteiger partial charge in [0, 0.05) is 11.8 Å². The Labute approximate surface area is 97.3 Å². The first-order valence-corrected chi connectivity index (χ1v) is 5.53. The summed E-state index contributed by atoms with van der Waals surface area (Å²) in [6.45, 7) is 2.12. The van der Waals surface area contributed by atoms with Crippen LogP contribution in [-0.4, -0.2) is 4.98 Å². The number of hydrogen-bond donors (Lipinski definition) is 0. The third-order valence-electron chi connectivity index (χ3n) is 2.16. The lowest BCUT2D eigenvalue weighted by Gasteiger charge is -2.05. The van der Waals surface area contributed by atoms with E-state index < -0.39 is 0 Å². The van der Waals surface area contributed by atoms with Crippen LogP contribution in [0, 0.1) is 10.6 Å². The van der Waals surface area contributed by atoms with Crippen LogP contribution in [0.3, 0.4) is 0 Å². The van der Waals surface area contributed by atoms with Gasteiger partial charge in [0.1, 0.15) is 3.70 Å². The van der Waals surface area contributed by atoms with E-state index in [1.165, 1.54) is 16.7 Å². The first kappa shape index (κ1) is 9.65. The SMILES string of the molecule is Cc1cc(I)ncc1-c1ccccc1. The van der Waals surface area contributed by atoms with Crippen LogP contribution >= 0.6 is 22.6 Å². The Morgan fingerprint density at radius 1 is 1.14 bits per heavy atom. The minimum Gasteiger partial charge on any atom is -0.250 e. The van der Waals surface area contributed by atoms with Gasteiger partial charge >= 0.3 is 0 Å². The molecule has 2 aromatic rings. The van der Waals surface area contributed by atoms with Crippen molar-refractivity contribution < 1.29 is 0 Å². The fourth-order valence-corrected chi connectivity index (χ4v) is 2.05. The molecule has 14 heavy (non-hydrogen) atoms. The molecule has 0 spiro atoms. The highest BCUT2D eigenvalue weighted by molar-refractivity contribution is 14.1. The third-order valence-corrected chi connectivity index (χ3v) is 2.75. The highest BCUT2D eigenvalue weighted by Gasteiger charge is 2.01. The molecule has 2 rings (SSSR count). The van der Waals surface area contributed by atoms with Gasteiger partial charge in [-0.25, -0.2) is 4.98 Å². The summed E-state index contributed by atoms with van der Waals surface area (Å²) < 4.78 is 1.04. The standard InChI is InChI=1S/C12H10IN/c1-9-7-12(13)14-8-11(9)10-5-3-2-4-6-10/h2-8H,1H3. The van der Waals surface area contributed by atoms with Crippen molar-refractivity contribution in [2.45, 2.75) is 6.92 Å². The molecule has 70 valence electrons. The molecular weight excluding hydrogens is 285 g/mol. The molecule has 0 aliphatic heterocycles. The first-order chi connectivity index (χ1) is 6.77. The molecule has 0 bridgehead atoms. The van der Waals surface area contributed by atoms with Crippen molar-refractivity contribution in [1.82, 2.24) is 4.98 Å². The average Bonchev–Trinajstić information content (AvgIpc) is 2.19. The molecule has 0 atom stereocenters. The van der Waals surface area contributed by atoms with Gasteiger partial charge in [0.2, 0.25) is 0 Å². The summed E-state index contributed by atoms with van der Waals surface area (Å²) in [7, 11) is 0. The second kappa shape index (κ2) is 4.09. The molecule has 0 fully saturated rings. The van der Waals surface area contributed by atoms with Crippen LogP contribution in [-0.2, 0) is 0 Å². The summed E-state index contributed by atoms with van der Waals surface area (Å²) in [6, 6.07) is 12.4. The van der Waals surface area contributed by atoms with E-state index >= 15 is 0 Å². The Bertz CT molecular complexity index is 437. The van der Waals surface area contributed by atoms with E-state index in [0.29, 0.717) is 0 Å². The zero-order chi connectivity index (χ0) is 9.97. The molecule has 1 heterocycles. The lowest BCUT2D eigenvalue weighted by Crippen LogP contribution is -1.87. The van der Waals surface area contributed by atoms with Gasteiger partial charge in [-0.15, -0.1) is 0 Å². The number of aryl methyl sites for hydroxylation is 1. The molecule has 0 aliphatic rings. The molecule has 1 aromatic carbocycles. The maximum Gasteiger partial charge on any atom is 0.101 e. The summed E-state index contributed by atoms with van der Waals surface area (Å²) in [5.74, 6) is 0. The van der Waals surface area contributed by atoms with E-state index in [0.717, 1.165) is 3.70 Å². The molecule has 0 saturated carbocycles. The first-order valence-electron chi connectivity index (χ1n) is 4.45. The van der Waals surface area contributed by atoms with Crippen LogP contribution in [0.5, 0.6) is 0 Å². The van der Waals surface area contributed by atoms with Crippen molar-refractivity contribution in [2.24, 2.45) is 0 Å². The zero-order valence-corrected chi connectivity index (χ0v) is 10.0. The van der Waals surface area contributed by atoms with Crippen LogP contribution in [0.25, 0.3) is 11.1 Å². The minimum atomic E-state index is 1.04. The van der Waals surface area contributed by atoms with Crippen molar-refractivity contribution in [1.29, 1.82) is 0 Å². The highest BCUT2D eigenvalue weighted by atomic mass is 127. The number of benzene rings is 1. The van der Waals surface area contributed by atoms with Crippen LogP contribution in [0.2, 0.25) is 0 Å². The van der Waals surface area contributed by atoms with Crippen LogP contribution < -0.4 is 0 Å². The Morgan fingerprint density at radius 3 is 2.50 bits per heavy atom. The lowest BCUT2D eigenvalue weighted by atomic mass is 10.0. The fourth-order valence-electron chi connectivity index (χ4n) is 1.44. The number of aromatic nitrogens is 1. The van der Waals surface area contributed by atoms with E-state index in [4.69, 9.17) is 0 Å². The Hall–Kier alpha value is -0.900. The number of pyridine rings is 1. The van der Waals surface area contributed by atoms with Crippen LogP contribution in [0.4, 0.5) is 0 Å². The Balaban J connectivity index is 2.53. The summed E-state index contributed by atoms with van der Waals surface area (Å²) >= 11 is 2.23. The quantitative estimate of drug-likeness (QED) is 0.578. The molecule has 0 amide bonds. The summed E-state index contributed by atoms with van der Waals surface area (Å²) in [6.07, 6.45) is 1.94. The molecule has 0 N–H and O–H groups in total. The van der Waals surface area contributed by atoms with Crippen molar-refractivity contribution >= 4 is 22.6 Å². The Kier molecular flexibility index (Phi) is 2.82. The molecule has 2 heteroatoms. The fraction of sp³-hybridized carbons (Fsp3) is 0.0833. The molecule has 0 aliphatic carbocycles. The number of hydrogen-bond acceptors (Lipinski definition) is 1.